The Labute approximate surface area is 282 Å². The lowest BCUT2D eigenvalue weighted by Gasteiger charge is -2.21. The molecule has 0 heterocycles. The van der Waals surface area contributed by atoms with Crippen LogP contribution in [0.3, 0.4) is 0 Å². The summed E-state index contributed by atoms with van der Waals surface area (Å²) in [7, 11) is 0. The Morgan fingerprint density at radius 1 is 0.422 bits per heavy atom. The zero-order valence-corrected chi connectivity index (χ0v) is 31.1. The quantitative estimate of drug-likeness (QED) is 0.0503. The van der Waals surface area contributed by atoms with Gasteiger partial charge in [-0.25, -0.2) is 0 Å². The highest BCUT2D eigenvalue weighted by atomic mass is 16.5. The number of hydrogen-bond donors (Lipinski definition) is 0. The van der Waals surface area contributed by atoms with Crippen molar-refractivity contribution < 1.29 is 19.1 Å². The molecule has 0 radical (unpaired) electrons. The summed E-state index contributed by atoms with van der Waals surface area (Å²) in [6.45, 7) is 9.15. The van der Waals surface area contributed by atoms with E-state index in [1.807, 2.05) is 0 Å². The molecule has 45 heavy (non-hydrogen) atoms. The minimum atomic E-state index is -0.283. The summed E-state index contributed by atoms with van der Waals surface area (Å²) in [6, 6.07) is 0. The van der Waals surface area contributed by atoms with Gasteiger partial charge in [0.05, 0.1) is 12.5 Å². The molecule has 0 aromatic rings. The van der Waals surface area contributed by atoms with E-state index in [0.717, 1.165) is 45.1 Å². The van der Waals surface area contributed by atoms with Crippen molar-refractivity contribution in [2.24, 2.45) is 0 Å². The fourth-order valence-electron chi connectivity index (χ4n) is 6.39. The average molecular weight is 637 g/mol. The van der Waals surface area contributed by atoms with Crippen molar-refractivity contribution in [3.05, 3.63) is 0 Å². The number of Topliss-reactive ketones (excluding diaryl/α,β-unsaturated/α-hetero) is 1. The Morgan fingerprint density at radius 3 is 1.13 bits per heavy atom. The van der Waals surface area contributed by atoms with Crippen LogP contribution in [0.4, 0.5) is 0 Å². The number of rotatable bonds is 37. The number of carbonyl (C=O) groups is 2. The SMILES string of the molecule is CCCCCCCCCCCCO[C@H](CCCCCCCCCCC)CC(=O)O[C@H](CCCCCCCCCCC)CC(C)=O. The fourth-order valence-corrected chi connectivity index (χ4v) is 6.39. The molecule has 0 spiro atoms. The van der Waals surface area contributed by atoms with E-state index in [-0.39, 0.29) is 24.0 Å². The molecule has 268 valence electrons. The van der Waals surface area contributed by atoms with Gasteiger partial charge in [0.25, 0.3) is 0 Å². The first-order valence-electron chi connectivity index (χ1n) is 20.3. The molecule has 0 N–H and O–H groups in total. The highest BCUT2D eigenvalue weighted by Crippen LogP contribution is 2.19. The van der Waals surface area contributed by atoms with Crippen LogP contribution in [0.25, 0.3) is 0 Å². The van der Waals surface area contributed by atoms with Crippen molar-refractivity contribution in [2.45, 2.75) is 245 Å². The van der Waals surface area contributed by atoms with Gasteiger partial charge in [-0.15, -0.1) is 0 Å². The molecule has 0 aromatic carbocycles. The van der Waals surface area contributed by atoms with Crippen LogP contribution in [-0.4, -0.2) is 30.6 Å². The number of unbranched alkanes of at least 4 members (excludes halogenated alkanes) is 25. The van der Waals surface area contributed by atoms with Crippen LogP contribution < -0.4 is 0 Å². The summed E-state index contributed by atoms with van der Waals surface area (Å²) in [6.07, 6.45) is 38.2. The Morgan fingerprint density at radius 2 is 0.756 bits per heavy atom. The first-order chi connectivity index (χ1) is 22.0. The minimum absolute atomic E-state index is 0.0636. The number of ketones is 1. The van der Waals surface area contributed by atoms with Crippen LogP contribution in [-0.2, 0) is 19.1 Å². The van der Waals surface area contributed by atoms with Gasteiger partial charge in [-0.1, -0.05) is 188 Å². The second-order valence-corrected chi connectivity index (χ2v) is 14.1. The number of hydrogen-bond acceptors (Lipinski definition) is 4. The maximum absolute atomic E-state index is 13.1. The van der Waals surface area contributed by atoms with Gasteiger partial charge in [0, 0.05) is 13.0 Å². The fraction of sp³-hybridized carbons (Fsp3) is 0.951. The predicted molar refractivity (Wildman–Crippen MR) is 195 cm³/mol. The summed E-state index contributed by atoms with van der Waals surface area (Å²) in [5, 5.41) is 0. The van der Waals surface area contributed by atoms with Gasteiger partial charge in [-0.2, -0.15) is 0 Å². The lowest BCUT2D eigenvalue weighted by molar-refractivity contribution is -0.153. The van der Waals surface area contributed by atoms with E-state index in [4.69, 9.17) is 9.47 Å². The van der Waals surface area contributed by atoms with Gasteiger partial charge in [0.15, 0.2) is 0 Å². The van der Waals surface area contributed by atoms with Gasteiger partial charge >= 0.3 is 5.97 Å². The van der Waals surface area contributed by atoms with Crippen LogP contribution in [0.5, 0.6) is 0 Å². The lowest BCUT2D eigenvalue weighted by atomic mass is 10.0. The van der Waals surface area contributed by atoms with Gasteiger partial charge < -0.3 is 9.47 Å². The third-order valence-electron chi connectivity index (χ3n) is 9.32. The molecule has 4 nitrogen and oxygen atoms in total. The van der Waals surface area contributed by atoms with Crippen molar-refractivity contribution in [1.82, 2.24) is 0 Å². The van der Waals surface area contributed by atoms with E-state index in [2.05, 4.69) is 20.8 Å². The van der Waals surface area contributed by atoms with E-state index in [0.29, 0.717) is 12.8 Å². The Kier molecular flexibility index (Phi) is 35.2. The van der Waals surface area contributed by atoms with E-state index < -0.39 is 0 Å². The van der Waals surface area contributed by atoms with E-state index in [1.54, 1.807) is 6.92 Å². The molecule has 0 aliphatic rings. The number of carbonyl (C=O) groups excluding carboxylic acids is 2. The molecule has 0 fully saturated rings. The molecular weight excluding hydrogens is 556 g/mol. The molecule has 0 bridgehead atoms. The van der Waals surface area contributed by atoms with Crippen molar-refractivity contribution >= 4 is 11.8 Å². The monoisotopic (exact) mass is 637 g/mol. The molecule has 0 unspecified atom stereocenters. The molecule has 0 aliphatic carbocycles. The third kappa shape index (κ3) is 34.3. The highest BCUT2D eigenvalue weighted by molar-refractivity contribution is 5.77. The number of ether oxygens (including phenoxy) is 2. The second-order valence-electron chi connectivity index (χ2n) is 14.1. The summed E-state index contributed by atoms with van der Waals surface area (Å²) < 4.78 is 12.2. The third-order valence-corrected chi connectivity index (χ3v) is 9.32. The molecule has 0 saturated carbocycles. The lowest BCUT2D eigenvalue weighted by Crippen LogP contribution is -2.25. The maximum Gasteiger partial charge on any atom is 0.308 e. The first-order valence-corrected chi connectivity index (χ1v) is 20.3. The molecule has 4 heteroatoms. The standard InChI is InChI=1S/C41H80O4/c1-5-8-11-14-17-20-23-26-29-32-35-44-39(33-30-27-24-21-18-15-12-9-6-2)37-41(43)45-40(36-38(4)42)34-31-28-25-22-19-16-13-10-7-3/h39-40H,5-37H2,1-4H3/t39-,40-/m1/s1. The summed E-state index contributed by atoms with van der Waals surface area (Å²) in [5.74, 6) is -0.0756. The second kappa shape index (κ2) is 35.9. The molecule has 0 rings (SSSR count). The van der Waals surface area contributed by atoms with Gasteiger partial charge in [0.2, 0.25) is 0 Å². The van der Waals surface area contributed by atoms with E-state index in [1.165, 1.54) is 154 Å². The Bertz CT molecular complexity index is 619. The van der Waals surface area contributed by atoms with Crippen molar-refractivity contribution in [3.63, 3.8) is 0 Å². The molecule has 2 atom stereocenters. The predicted octanol–water partition coefficient (Wildman–Crippen LogP) is 13.4. The van der Waals surface area contributed by atoms with Crippen LogP contribution in [0.15, 0.2) is 0 Å². The normalized spacial score (nSPS) is 12.8. The maximum atomic E-state index is 13.1. The molecule has 0 saturated heterocycles. The zero-order valence-electron chi connectivity index (χ0n) is 31.1. The van der Waals surface area contributed by atoms with Crippen LogP contribution >= 0.6 is 0 Å². The first kappa shape index (κ1) is 44.1. The Hall–Kier alpha value is -0.900. The van der Waals surface area contributed by atoms with Crippen LogP contribution in [0.1, 0.15) is 233 Å². The number of esters is 1. The van der Waals surface area contributed by atoms with Gasteiger partial charge in [-0.05, 0) is 32.6 Å². The minimum Gasteiger partial charge on any atom is -0.462 e. The molecule has 0 amide bonds. The van der Waals surface area contributed by atoms with Crippen molar-refractivity contribution in [1.29, 1.82) is 0 Å². The van der Waals surface area contributed by atoms with Crippen LogP contribution in [0, 0.1) is 0 Å². The zero-order chi connectivity index (χ0) is 33.1. The van der Waals surface area contributed by atoms with E-state index in [9.17, 15) is 9.59 Å². The summed E-state index contributed by atoms with van der Waals surface area (Å²) in [5.41, 5.74) is 0. The van der Waals surface area contributed by atoms with Crippen molar-refractivity contribution in [3.8, 4) is 0 Å². The molecule has 0 aromatic heterocycles. The average Bonchev–Trinajstić information content (AvgIpc) is 3.01. The summed E-state index contributed by atoms with van der Waals surface area (Å²) in [4.78, 5) is 25.0. The summed E-state index contributed by atoms with van der Waals surface area (Å²) >= 11 is 0. The smallest absolute Gasteiger partial charge is 0.308 e. The van der Waals surface area contributed by atoms with Gasteiger partial charge in [0.1, 0.15) is 11.9 Å². The largest absolute Gasteiger partial charge is 0.462 e. The molecular formula is C41H80O4. The van der Waals surface area contributed by atoms with Crippen molar-refractivity contribution in [2.75, 3.05) is 6.61 Å². The van der Waals surface area contributed by atoms with Crippen LogP contribution in [0.2, 0.25) is 0 Å². The Balaban J connectivity index is 4.50. The van der Waals surface area contributed by atoms with Gasteiger partial charge in [-0.3, -0.25) is 9.59 Å². The highest BCUT2D eigenvalue weighted by Gasteiger charge is 2.20. The van der Waals surface area contributed by atoms with E-state index >= 15 is 0 Å². The molecule has 0 aliphatic heterocycles. The topological polar surface area (TPSA) is 52.6 Å².